The molecule has 106 valence electrons. The van der Waals surface area contributed by atoms with Crippen LogP contribution in [-0.4, -0.2) is 51.2 Å². The molecule has 0 aliphatic carbocycles. The van der Waals surface area contributed by atoms with Crippen molar-refractivity contribution in [3.8, 4) is 11.5 Å². The van der Waals surface area contributed by atoms with Crippen LogP contribution in [0.25, 0.3) is 0 Å². The van der Waals surface area contributed by atoms with E-state index in [1.807, 2.05) is 0 Å². The van der Waals surface area contributed by atoms with Crippen molar-refractivity contribution in [3.63, 3.8) is 0 Å². The summed E-state index contributed by atoms with van der Waals surface area (Å²) in [5, 5.41) is 9.48. The number of phenols is 1. The Labute approximate surface area is 111 Å². The summed E-state index contributed by atoms with van der Waals surface area (Å²) in [4.78, 5) is 0. The highest BCUT2D eigenvalue weighted by atomic mass is 32.2. The normalized spacial score (nSPS) is 17.1. The monoisotopic (exact) mass is 288 g/mol. The van der Waals surface area contributed by atoms with Gasteiger partial charge < -0.3 is 14.6 Å². The van der Waals surface area contributed by atoms with Crippen molar-refractivity contribution in [3.05, 3.63) is 18.2 Å². The fourth-order valence-corrected chi connectivity index (χ4v) is 2.94. The second-order valence-electron chi connectivity index (χ2n) is 4.04. The summed E-state index contributed by atoms with van der Waals surface area (Å²) in [6.45, 7) is 1.38. The Morgan fingerprint density at radius 1 is 1.32 bits per heavy atom. The van der Waals surface area contributed by atoms with Gasteiger partial charge in [-0.3, -0.25) is 4.72 Å². The third-order valence-corrected chi connectivity index (χ3v) is 4.22. The Kier molecular flexibility index (Phi) is 4.13. The molecule has 0 bridgehead atoms. The second kappa shape index (κ2) is 5.64. The lowest BCUT2D eigenvalue weighted by Crippen LogP contribution is -2.43. The molecule has 1 heterocycles. The van der Waals surface area contributed by atoms with Gasteiger partial charge in [0.2, 0.25) is 0 Å². The molecule has 1 aromatic rings. The molecule has 7 nitrogen and oxygen atoms in total. The van der Waals surface area contributed by atoms with Crippen molar-refractivity contribution in [1.29, 1.82) is 0 Å². The summed E-state index contributed by atoms with van der Waals surface area (Å²) in [6.07, 6.45) is 0. The van der Waals surface area contributed by atoms with Crippen LogP contribution in [0.15, 0.2) is 18.2 Å². The van der Waals surface area contributed by atoms with Crippen LogP contribution in [-0.2, 0) is 14.9 Å². The summed E-state index contributed by atoms with van der Waals surface area (Å²) in [6, 6.07) is 4.21. The Hall–Kier alpha value is -1.51. The Balaban J connectivity index is 2.17. The van der Waals surface area contributed by atoms with Crippen molar-refractivity contribution in [2.24, 2.45) is 0 Å². The predicted molar refractivity (Wildman–Crippen MR) is 69.6 cm³/mol. The SMILES string of the molecule is COc1cc(O)cc(NS(=O)(=O)N2CCOCC2)c1. The first kappa shape index (κ1) is 13.9. The van der Waals surface area contributed by atoms with Gasteiger partial charge in [0, 0.05) is 31.3 Å². The molecular weight excluding hydrogens is 272 g/mol. The molecule has 8 heteroatoms. The summed E-state index contributed by atoms with van der Waals surface area (Å²) < 4.78 is 38.0. The highest BCUT2D eigenvalue weighted by Gasteiger charge is 2.24. The summed E-state index contributed by atoms with van der Waals surface area (Å²) in [5.41, 5.74) is 0.253. The Morgan fingerprint density at radius 3 is 2.63 bits per heavy atom. The molecule has 0 unspecified atom stereocenters. The molecule has 0 atom stereocenters. The van der Waals surface area contributed by atoms with E-state index < -0.39 is 10.2 Å². The van der Waals surface area contributed by atoms with Gasteiger partial charge in [0.15, 0.2) is 0 Å². The lowest BCUT2D eigenvalue weighted by atomic mass is 10.3. The maximum absolute atomic E-state index is 12.1. The summed E-state index contributed by atoms with van der Waals surface area (Å²) in [7, 11) is -2.20. The van der Waals surface area contributed by atoms with E-state index in [1.54, 1.807) is 0 Å². The van der Waals surface area contributed by atoms with E-state index in [4.69, 9.17) is 9.47 Å². The minimum atomic E-state index is -3.64. The number of nitrogens with zero attached hydrogens (tertiary/aromatic N) is 1. The molecule has 0 saturated carbocycles. The number of ether oxygens (including phenoxy) is 2. The van der Waals surface area contributed by atoms with Gasteiger partial charge in [-0.1, -0.05) is 0 Å². The number of benzene rings is 1. The smallest absolute Gasteiger partial charge is 0.301 e. The molecule has 1 aromatic carbocycles. The topological polar surface area (TPSA) is 88.1 Å². The zero-order valence-corrected chi connectivity index (χ0v) is 11.3. The molecule has 0 amide bonds. The van der Waals surface area contributed by atoms with E-state index in [0.717, 1.165) is 0 Å². The Morgan fingerprint density at radius 2 is 2.00 bits per heavy atom. The van der Waals surface area contributed by atoms with Crippen LogP contribution in [0.4, 0.5) is 5.69 Å². The minimum Gasteiger partial charge on any atom is -0.508 e. The third kappa shape index (κ3) is 3.49. The van der Waals surface area contributed by atoms with Gasteiger partial charge in [0.05, 0.1) is 26.0 Å². The lowest BCUT2D eigenvalue weighted by molar-refractivity contribution is 0.0733. The first-order chi connectivity index (χ1) is 9.01. The number of phenolic OH excluding ortho intramolecular Hbond substituents is 1. The van der Waals surface area contributed by atoms with Gasteiger partial charge in [-0.2, -0.15) is 12.7 Å². The van der Waals surface area contributed by atoms with E-state index in [2.05, 4.69) is 4.72 Å². The van der Waals surface area contributed by atoms with Crippen molar-refractivity contribution in [2.75, 3.05) is 38.1 Å². The highest BCUT2D eigenvalue weighted by Crippen LogP contribution is 2.26. The number of anilines is 1. The standard InChI is InChI=1S/C11H16N2O5S/c1-17-11-7-9(6-10(14)8-11)12-19(15,16)13-2-4-18-5-3-13/h6-8,12,14H,2-5H2,1H3. The van der Waals surface area contributed by atoms with E-state index in [0.29, 0.717) is 32.1 Å². The molecule has 0 aromatic heterocycles. The first-order valence-electron chi connectivity index (χ1n) is 5.75. The molecular formula is C11H16N2O5S. The number of hydrogen-bond donors (Lipinski definition) is 2. The van der Waals surface area contributed by atoms with Gasteiger partial charge in [-0.25, -0.2) is 0 Å². The van der Waals surface area contributed by atoms with Gasteiger partial charge in [0.1, 0.15) is 11.5 Å². The molecule has 19 heavy (non-hydrogen) atoms. The van der Waals surface area contributed by atoms with Crippen molar-refractivity contribution >= 4 is 15.9 Å². The fraction of sp³-hybridized carbons (Fsp3) is 0.455. The molecule has 0 spiro atoms. The molecule has 2 N–H and O–H groups in total. The molecule has 1 aliphatic heterocycles. The van der Waals surface area contributed by atoms with Crippen LogP contribution in [0.3, 0.4) is 0 Å². The maximum atomic E-state index is 12.1. The van der Waals surface area contributed by atoms with Gasteiger partial charge >= 0.3 is 10.2 Å². The average Bonchev–Trinajstić information content (AvgIpc) is 2.38. The van der Waals surface area contributed by atoms with E-state index >= 15 is 0 Å². The maximum Gasteiger partial charge on any atom is 0.301 e. The van der Waals surface area contributed by atoms with Crippen LogP contribution in [0.2, 0.25) is 0 Å². The number of morpholine rings is 1. The van der Waals surface area contributed by atoms with Crippen molar-refractivity contribution in [2.45, 2.75) is 0 Å². The van der Waals surface area contributed by atoms with Crippen LogP contribution in [0.5, 0.6) is 11.5 Å². The molecule has 1 saturated heterocycles. The van der Waals surface area contributed by atoms with Crippen molar-refractivity contribution < 1.29 is 23.0 Å². The fourth-order valence-electron chi connectivity index (χ4n) is 1.76. The first-order valence-corrected chi connectivity index (χ1v) is 7.19. The number of methoxy groups -OCH3 is 1. The highest BCUT2D eigenvalue weighted by molar-refractivity contribution is 7.90. The number of nitrogens with one attached hydrogen (secondary N) is 1. The third-order valence-electron chi connectivity index (χ3n) is 2.68. The van der Waals surface area contributed by atoms with E-state index in [1.165, 1.54) is 29.6 Å². The lowest BCUT2D eigenvalue weighted by Gasteiger charge is -2.26. The second-order valence-corrected chi connectivity index (χ2v) is 5.71. The zero-order valence-electron chi connectivity index (χ0n) is 10.5. The average molecular weight is 288 g/mol. The van der Waals surface area contributed by atoms with Gasteiger partial charge in [-0.05, 0) is 0 Å². The van der Waals surface area contributed by atoms with E-state index in [-0.39, 0.29) is 11.4 Å². The van der Waals surface area contributed by atoms with Crippen LogP contribution in [0, 0.1) is 0 Å². The van der Waals surface area contributed by atoms with Crippen LogP contribution in [0.1, 0.15) is 0 Å². The van der Waals surface area contributed by atoms with E-state index in [9.17, 15) is 13.5 Å². The minimum absolute atomic E-state index is 0.0703. The largest absolute Gasteiger partial charge is 0.508 e. The molecule has 1 aliphatic rings. The summed E-state index contributed by atoms with van der Waals surface area (Å²) >= 11 is 0. The van der Waals surface area contributed by atoms with Crippen LogP contribution < -0.4 is 9.46 Å². The molecule has 2 rings (SSSR count). The molecule has 0 radical (unpaired) electrons. The Bertz CT molecular complexity index is 540. The van der Waals surface area contributed by atoms with Gasteiger partial charge in [0.25, 0.3) is 0 Å². The predicted octanol–water partition coefficient (Wildman–Crippen LogP) is 0.390. The van der Waals surface area contributed by atoms with Crippen LogP contribution >= 0.6 is 0 Å². The van der Waals surface area contributed by atoms with Crippen molar-refractivity contribution in [1.82, 2.24) is 4.31 Å². The molecule has 1 fully saturated rings. The number of aromatic hydroxyl groups is 1. The summed E-state index contributed by atoms with van der Waals surface area (Å²) in [5.74, 6) is 0.304. The number of hydrogen-bond acceptors (Lipinski definition) is 5. The zero-order chi connectivity index (χ0) is 13.9. The number of rotatable bonds is 4. The van der Waals surface area contributed by atoms with Gasteiger partial charge in [-0.15, -0.1) is 0 Å². The quantitative estimate of drug-likeness (QED) is 0.836.